The van der Waals surface area contributed by atoms with Gasteiger partial charge in [-0.25, -0.2) is 0 Å². The molecule has 0 bridgehead atoms. The zero-order chi connectivity index (χ0) is 23.8. The number of nitrogens with zero attached hydrogens (tertiary/aromatic N) is 3. The Kier molecular flexibility index (Phi) is 8.60. The molecule has 7 heteroatoms. The highest BCUT2D eigenvalue weighted by molar-refractivity contribution is 5.99. The van der Waals surface area contributed by atoms with Crippen LogP contribution in [0.2, 0.25) is 0 Å². The average Bonchev–Trinajstić information content (AvgIpc) is 2.84. The van der Waals surface area contributed by atoms with Crippen LogP contribution in [0.3, 0.4) is 0 Å². The van der Waals surface area contributed by atoms with E-state index in [9.17, 15) is 14.4 Å². The van der Waals surface area contributed by atoms with Crippen LogP contribution < -0.4 is 10.7 Å². The lowest BCUT2D eigenvalue weighted by atomic mass is 10.1. The zero-order valence-corrected chi connectivity index (χ0v) is 19.8. The first kappa shape index (κ1) is 24.5. The topological polar surface area (TPSA) is 74.7 Å². The summed E-state index contributed by atoms with van der Waals surface area (Å²) in [5.41, 5.74) is 0.749. The predicted octanol–water partition coefficient (Wildman–Crippen LogP) is 3.04. The fraction of sp³-hybridized carbons (Fsp3) is 0.423. The molecule has 1 unspecified atom stereocenters. The quantitative estimate of drug-likeness (QED) is 0.671. The Balaban J connectivity index is 1.70. The summed E-state index contributed by atoms with van der Waals surface area (Å²) in [7, 11) is 0. The summed E-state index contributed by atoms with van der Waals surface area (Å²) in [6, 6.07) is 10.2. The van der Waals surface area contributed by atoms with Gasteiger partial charge in [-0.15, -0.1) is 0 Å². The number of pyridine rings is 1. The first-order valence-corrected chi connectivity index (χ1v) is 11.7. The Labute approximate surface area is 195 Å². The maximum atomic E-state index is 13.3. The van der Waals surface area contributed by atoms with E-state index in [1.54, 1.807) is 24.2 Å². The SMILES string of the molecule is CCNC(=O)c1cn(C(C)CC)cc(C(=O)N2CCN(C/C=C/c3ccccc3)CC2)c1=O. The van der Waals surface area contributed by atoms with E-state index in [1.807, 2.05) is 36.6 Å². The summed E-state index contributed by atoms with van der Waals surface area (Å²) in [4.78, 5) is 42.8. The van der Waals surface area contributed by atoms with Crippen molar-refractivity contribution in [3.05, 3.63) is 75.7 Å². The van der Waals surface area contributed by atoms with E-state index in [0.717, 1.165) is 31.6 Å². The van der Waals surface area contributed by atoms with Gasteiger partial charge in [0.25, 0.3) is 11.8 Å². The van der Waals surface area contributed by atoms with Gasteiger partial charge in [-0.1, -0.05) is 49.4 Å². The van der Waals surface area contributed by atoms with Gasteiger partial charge in [0.1, 0.15) is 11.1 Å². The van der Waals surface area contributed by atoms with Crippen molar-refractivity contribution in [3.8, 4) is 0 Å². The lowest BCUT2D eigenvalue weighted by Gasteiger charge is -2.34. The molecular formula is C26H34N4O3. The van der Waals surface area contributed by atoms with E-state index in [-0.39, 0.29) is 23.1 Å². The summed E-state index contributed by atoms with van der Waals surface area (Å²) in [5.74, 6) is -0.744. The minimum atomic E-state index is -0.501. The number of nitrogens with one attached hydrogen (secondary N) is 1. The molecule has 2 heterocycles. The monoisotopic (exact) mass is 450 g/mol. The molecule has 0 radical (unpaired) electrons. The number of benzene rings is 1. The van der Waals surface area contributed by atoms with E-state index >= 15 is 0 Å². The highest BCUT2D eigenvalue weighted by atomic mass is 16.2. The third-order valence-corrected chi connectivity index (χ3v) is 6.09. The van der Waals surface area contributed by atoms with E-state index < -0.39 is 11.3 Å². The standard InChI is InChI=1S/C26H34N4O3/c1-4-20(3)30-18-22(25(32)27-5-2)24(31)23(19-30)26(33)29-16-14-28(15-17-29)13-9-12-21-10-7-6-8-11-21/h6-12,18-20H,4-5,13-17H2,1-3H3,(H,27,32)/b12-9+. The molecule has 1 atom stereocenters. The maximum Gasteiger partial charge on any atom is 0.259 e. The molecule has 1 N–H and O–H groups in total. The third-order valence-electron chi connectivity index (χ3n) is 6.09. The van der Waals surface area contributed by atoms with Crippen molar-refractivity contribution < 1.29 is 9.59 Å². The fourth-order valence-electron chi connectivity index (χ4n) is 3.84. The Hall–Kier alpha value is -3.19. The number of hydrogen-bond acceptors (Lipinski definition) is 4. The molecule has 2 amide bonds. The molecule has 33 heavy (non-hydrogen) atoms. The number of rotatable bonds is 8. The first-order valence-electron chi connectivity index (χ1n) is 11.7. The van der Waals surface area contributed by atoms with Gasteiger partial charge in [0.2, 0.25) is 5.43 Å². The Morgan fingerprint density at radius 2 is 1.70 bits per heavy atom. The smallest absolute Gasteiger partial charge is 0.259 e. The molecule has 1 saturated heterocycles. The molecule has 2 aromatic rings. The first-order chi connectivity index (χ1) is 15.9. The molecule has 1 aromatic heterocycles. The van der Waals surface area contributed by atoms with Gasteiger partial charge in [0, 0.05) is 57.7 Å². The molecule has 1 aromatic carbocycles. The van der Waals surface area contributed by atoms with Crippen molar-refractivity contribution >= 4 is 17.9 Å². The van der Waals surface area contributed by atoms with Crippen molar-refractivity contribution in [3.63, 3.8) is 0 Å². The molecule has 1 fully saturated rings. The number of carbonyl (C=O) groups is 2. The molecular weight excluding hydrogens is 416 g/mol. The van der Waals surface area contributed by atoms with Gasteiger partial charge in [0.05, 0.1) is 0 Å². The molecule has 1 aliphatic heterocycles. The number of aromatic nitrogens is 1. The molecule has 3 rings (SSSR count). The van der Waals surface area contributed by atoms with Crippen molar-refractivity contribution in [2.75, 3.05) is 39.3 Å². The van der Waals surface area contributed by atoms with Gasteiger partial charge < -0.3 is 14.8 Å². The number of piperazine rings is 1. The third kappa shape index (κ3) is 6.20. The number of amides is 2. The van der Waals surface area contributed by atoms with Crippen LogP contribution in [0.5, 0.6) is 0 Å². The van der Waals surface area contributed by atoms with Crippen LogP contribution in [-0.4, -0.2) is 65.4 Å². The van der Waals surface area contributed by atoms with Crippen LogP contribution in [0, 0.1) is 0 Å². The van der Waals surface area contributed by atoms with Gasteiger partial charge in [-0.2, -0.15) is 0 Å². The van der Waals surface area contributed by atoms with Gasteiger partial charge in [0.15, 0.2) is 0 Å². The second kappa shape index (κ2) is 11.6. The molecule has 0 aliphatic carbocycles. The largest absolute Gasteiger partial charge is 0.352 e. The Morgan fingerprint density at radius 3 is 2.33 bits per heavy atom. The zero-order valence-electron chi connectivity index (χ0n) is 19.8. The van der Waals surface area contributed by atoms with Crippen molar-refractivity contribution in [2.45, 2.75) is 33.2 Å². The maximum absolute atomic E-state index is 13.3. The van der Waals surface area contributed by atoms with E-state index in [4.69, 9.17) is 0 Å². The van der Waals surface area contributed by atoms with E-state index in [2.05, 4.69) is 34.5 Å². The number of carbonyl (C=O) groups excluding carboxylic acids is 2. The number of hydrogen-bond donors (Lipinski definition) is 1. The summed E-state index contributed by atoms with van der Waals surface area (Å²) in [6.45, 7) is 9.63. The van der Waals surface area contributed by atoms with Crippen LogP contribution in [0.15, 0.2) is 53.6 Å². The predicted molar refractivity (Wildman–Crippen MR) is 132 cm³/mol. The molecule has 176 valence electrons. The molecule has 1 aliphatic rings. The van der Waals surface area contributed by atoms with Crippen LogP contribution in [0.25, 0.3) is 6.08 Å². The lowest BCUT2D eigenvalue weighted by molar-refractivity contribution is 0.0648. The van der Waals surface area contributed by atoms with Crippen LogP contribution >= 0.6 is 0 Å². The second-order valence-corrected chi connectivity index (χ2v) is 8.38. The highest BCUT2D eigenvalue weighted by Gasteiger charge is 2.26. The summed E-state index contributed by atoms with van der Waals surface area (Å²) in [6.07, 6.45) is 8.22. The fourth-order valence-corrected chi connectivity index (χ4v) is 3.84. The minimum Gasteiger partial charge on any atom is -0.352 e. The van der Waals surface area contributed by atoms with Gasteiger partial charge in [-0.3, -0.25) is 19.3 Å². The van der Waals surface area contributed by atoms with E-state index in [1.165, 1.54) is 0 Å². The van der Waals surface area contributed by atoms with Crippen LogP contribution in [0.4, 0.5) is 0 Å². The van der Waals surface area contributed by atoms with Crippen molar-refractivity contribution in [1.29, 1.82) is 0 Å². The molecule has 0 saturated carbocycles. The Bertz CT molecular complexity index is 1040. The lowest BCUT2D eigenvalue weighted by Crippen LogP contribution is -2.49. The minimum absolute atomic E-state index is 0.0210. The summed E-state index contributed by atoms with van der Waals surface area (Å²) >= 11 is 0. The van der Waals surface area contributed by atoms with E-state index in [0.29, 0.717) is 19.6 Å². The van der Waals surface area contributed by atoms with Gasteiger partial charge >= 0.3 is 0 Å². The van der Waals surface area contributed by atoms with Crippen LogP contribution in [-0.2, 0) is 0 Å². The average molecular weight is 451 g/mol. The summed E-state index contributed by atoms with van der Waals surface area (Å²) < 4.78 is 1.81. The Morgan fingerprint density at radius 1 is 1.03 bits per heavy atom. The van der Waals surface area contributed by atoms with Crippen LogP contribution in [0.1, 0.15) is 59.5 Å². The normalized spacial score (nSPS) is 15.5. The molecule has 7 nitrogen and oxygen atoms in total. The van der Waals surface area contributed by atoms with Gasteiger partial charge in [-0.05, 0) is 25.8 Å². The highest BCUT2D eigenvalue weighted by Crippen LogP contribution is 2.14. The second-order valence-electron chi connectivity index (χ2n) is 8.38. The molecule has 0 spiro atoms. The van der Waals surface area contributed by atoms with Crippen molar-refractivity contribution in [1.82, 2.24) is 19.7 Å². The summed E-state index contributed by atoms with van der Waals surface area (Å²) in [5, 5.41) is 2.68. The van der Waals surface area contributed by atoms with Crippen molar-refractivity contribution in [2.24, 2.45) is 0 Å².